The third kappa shape index (κ3) is 5.88. The van der Waals surface area contributed by atoms with Gasteiger partial charge in [0.25, 0.3) is 0 Å². The highest BCUT2D eigenvalue weighted by molar-refractivity contribution is 5.82. The summed E-state index contributed by atoms with van der Waals surface area (Å²) in [4.78, 5) is 11.9. The fourth-order valence-corrected chi connectivity index (χ4v) is 2.03. The summed E-state index contributed by atoms with van der Waals surface area (Å²) in [6, 6.07) is 9.93. The van der Waals surface area contributed by atoms with Crippen molar-refractivity contribution in [3.8, 4) is 0 Å². The van der Waals surface area contributed by atoms with Crippen LogP contribution in [-0.4, -0.2) is 17.5 Å². The van der Waals surface area contributed by atoms with Gasteiger partial charge in [-0.1, -0.05) is 43.7 Å². The Bertz CT molecular complexity index is 387. The van der Waals surface area contributed by atoms with E-state index < -0.39 is 0 Å². The van der Waals surface area contributed by atoms with E-state index in [-0.39, 0.29) is 17.5 Å². The third-order valence-electron chi connectivity index (χ3n) is 3.28. The molecule has 19 heavy (non-hydrogen) atoms. The van der Waals surface area contributed by atoms with E-state index in [4.69, 9.17) is 5.73 Å². The SMILES string of the molecule is CCC[C@@H](N)C(=O)NC(C)(C)CCc1ccccc1. The number of nitrogens with one attached hydrogen (secondary N) is 1. The second-order valence-corrected chi connectivity index (χ2v) is 5.75. The monoisotopic (exact) mass is 262 g/mol. The highest BCUT2D eigenvalue weighted by Gasteiger charge is 2.23. The summed E-state index contributed by atoms with van der Waals surface area (Å²) in [6.45, 7) is 6.13. The maximum Gasteiger partial charge on any atom is 0.237 e. The van der Waals surface area contributed by atoms with Crippen LogP contribution < -0.4 is 11.1 Å². The molecule has 0 heterocycles. The Morgan fingerprint density at radius 1 is 1.32 bits per heavy atom. The smallest absolute Gasteiger partial charge is 0.237 e. The van der Waals surface area contributed by atoms with Gasteiger partial charge in [-0.05, 0) is 38.7 Å². The first-order chi connectivity index (χ1) is 8.94. The maximum atomic E-state index is 11.9. The molecule has 0 aliphatic carbocycles. The Morgan fingerprint density at radius 3 is 2.53 bits per heavy atom. The minimum atomic E-state index is -0.388. The highest BCUT2D eigenvalue weighted by Crippen LogP contribution is 2.14. The topological polar surface area (TPSA) is 55.1 Å². The Balaban J connectivity index is 2.45. The van der Waals surface area contributed by atoms with Crippen LogP contribution in [0.3, 0.4) is 0 Å². The minimum Gasteiger partial charge on any atom is -0.350 e. The lowest BCUT2D eigenvalue weighted by Gasteiger charge is -2.28. The second-order valence-electron chi connectivity index (χ2n) is 5.75. The second kappa shape index (κ2) is 7.29. The zero-order chi connectivity index (χ0) is 14.3. The molecule has 106 valence electrons. The number of benzene rings is 1. The zero-order valence-corrected chi connectivity index (χ0v) is 12.3. The van der Waals surface area contributed by atoms with E-state index in [0.29, 0.717) is 0 Å². The molecular weight excluding hydrogens is 236 g/mol. The Morgan fingerprint density at radius 2 is 1.95 bits per heavy atom. The molecule has 1 aromatic carbocycles. The van der Waals surface area contributed by atoms with Crippen LogP contribution in [0.25, 0.3) is 0 Å². The van der Waals surface area contributed by atoms with Crippen LogP contribution in [0.1, 0.15) is 45.6 Å². The molecule has 1 atom stereocenters. The first-order valence-electron chi connectivity index (χ1n) is 7.06. The molecular formula is C16H26N2O. The van der Waals surface area contributed by atoms with Crippen molar-refractivity contribution in [2.24, 2.45) is 5.73 Å². The summed E-state index contributed by atoms with van der Waals surface area (Å²) in [5, 5.41) is 3.05. The summed E-state index contributed by atoms with van der Waals surface area (Å²) >= 11 is 0. The predicted molar refractivity (Wildman–Crippen MR) is 79.9 cm³/mol. The van der Waals surface area contributed by atoms with Gasteiger partial charge in [0.05, 0.1) is 6.04 Å². The molecule has 1 rings (SSSR count). The van der Waals surface area contributed by atoms with Crippen LogP contribution in [-0.2, 0) is 11.2 Å². The van der Waals surface area contributed by atoms with Gasteiger partial charge in [-0.15, -0.1) is 0 Å². The summed E-state index contributed by atoms with van der Waals surface area (Å²) in [5.74, 6) is -0.0417. The molecule has 0 unspecified atom stereocenters. The van der Waals surface area contributed by atoms with Crippen molar-refractivity contribution < 1.29 is 4.79 Å². The van der Waals surface area contributed by atoms with Crippen molar-refractivity contribution in [2.45, 2.75) is 58.0 Å². The molecule has 0 aliphatic heterocycles. The van der Waals surface area contributed by atoms with Crippen molar-refractivity contribution in [1.82, 2.24) is 5.32 Å². The summed E-state index contributed by atoms with van der Waals surface area (Å²) in [6.07, 6.45) is 3.53. The first-order valence-corrected chi connectivity index (χ1v) is 7.06. The maximum absolute atomic E-state index is 11.9. The number of rotatable bonds is 7. The number of hydrogen-bond donors (Lipinski definition) is 2. The van der Waals surface area contributed by atoms with Gasteiger partial charge in [0.2, 0.25) is 5.91 Å². The standard InChI is InChI=1S/C16H26N2O/c1-4-8-14(17)15(19)18-16(2,3)12-11-13-9-6-5-7-10-13/h5-7,9-10,14H,4,8,11-12,17H2,1-3H3,(H,18,19)/t14-/m1/s1. The van der Waals surface area contributed by atoms with E-state index in [1.807, 2.05) is 39.0 Å². The molecule has 0 fully saturated rings. The van der Waals surface area contributed by atoms with Crippen LogP contribution in [0.15, 0.2) is 30.3 Å². The average Bonchev–Trinajstić information content (AvgIpc) is 2.37. The minimum absolute atomic E-state index is 0.0417. The van der Waals surface area contributed by atoms with Gasteiger partial charge in [0.1, 0.15) is 0 Å². The largest absolute Gasteiger partial charge is 0.350 e. The van der Waals surface area contributed by atoms with Gasteiger partial charge < -0.3 is 11.1 Å². The third-order valence-corrected chi connectivity index (χ3v) is 3.28. The molecule has 0 saturated carbocycles. The van der Waals surface area contributed by atoms with E-state index >= 15 is 0 Å². The fourth-order valence-electron chi connectivity index (χ4n) is 2.03. The Hall–Kier alpha value is -1.35. The number of hydrogen-bond acceptors (Lipinski definition) is 2. The van der Waals surface area contributed by atoms with E-state index in [2.05, 4.69) is 17.4 Å². The van der Waals surface area contributed by atoms with Gasteiger partial charge in [-0.3, -0.25) is 4.79 Å². The van der Waals surface area contributed by atoms with Crippen LogP contribution in [0.2, 0.25) is 0 Å². The van der Waals surface area contributed by atoms with Crippen molar-refractivity contribution in [2.75, 3.05) is 0 Å². The molecule has 0 radical (unpaired) electrons. The molecule has 0 saturated heterocycles. The number of aryl methyl sites for hydroxylation is 1. The lowest BCUT2D eigenvalue weighted by atomic mass is 9.94. The molecule has 1 amide bonds. The normalized spacial score (nSPS) is 13.1. The van der Waals surface area contributed by atoms with Crippen molar-refractivity contribution in [3.05, 3.63) is 35.9 Å². The Kier molecular flexibility index (Phi) is 6.03. The molecule has 0 spiro atoms. The van der Waals surface area contributed by atoms with Crippen LogP contribution >= 0.6 is 0 Å². The van der Waals surface area contributed by atoms with Gasteiger partial charge in [0.15, 0.2) is 0 Å². The van der Waals surface area contributed by atoms with E-state index in [1.54, 1.807) is 0 Å². The number of nitrogens with two attached hydrogens (primary N) is 1. The molecule has 0 aromatic heterocycles. The van der Waals surface area contributed by atoms with Gasteiger partial charge in [0, 0.05) is 5.54 Å². The molecule has 3 N–H and O–H groups in total. The quantitative estimate of drug-likeness (QED) is 0.793. The van der Waals surface area contributed by atoms with Crippen LogP contribution in [0, 0.1) is 0 Å². The summed E-state index contributed by atoms with van der Waals surface area (Å²) in [5.41, 5.74) is 6.90. The van der Waals surface area contributed by atoms with Crippen molar-refractivity contribution in [3.63, 3.8) is 0 Å². The van der Waals surface area contributed by atoms with Crippen molar-refractivity contribution in [1.29, 1.82) is 0 Å². The summed E-state index contributed by atoms with van der Waals surface area (Å²) < 4.78 is 0. The molecule has 1 aromatic rings. The zero-order valence-electron chi connectivity index (χ0n) is 12.3. The number of amides is 1. The van der Waals surface area contributed by atoms with Crippen molar-refractivity contribution >= 4 is 5.91 Å². The lowest BCUT2D eigenvalue weighted by Crippen LogP contribution is -2.50. The molecule has 0 aliphatic rings. The number of carbonyl (C=O) groups is 1. The van der Waals surface area contributed by atoms with E-state index in [1.165, 1.54) is 5.56 Å². The van der Waals surface area contributed by atoms with Crippen LogP contribution in [0.5, 0.6) is 0 Å². The summed E-state index contributed by atoms with van der Waals surface area (Å²) in [7, 11) is 0. The molecule has 3 heteroatoms. The predicted octanol–water partition coefficient (Wildman–Crippen LogP) is 2.64. The molecule has 3 nitrogen and oxygen atoms in total. The van der Waals surface area contributed by atoms with Gasteiger partial charge in [-0.2, -0.15) is 0 Å². The lowest BCUT2D eigenvalue weighted by molar-refractivity contribution is -0.124. The van der Waals surface area contributed by atoms with Gasteiger partial charge in [-0.25, -0.2) is 0 Å². The average molecular weight is 262 g/mol. The van der Waals surface area contributed by atoms with E-state index in [9.17, 15) is 4.79 Å². The van der Waals surface area contributed by atoms with Crippen LogP contribution in [0.4, 0.5) is 0 Å². The fraction of sp³-hybridized carbons (Fsp3) is 0.562. The number of carbonyl (C=O) groups excluding carboxylic acids is 1. The van der Waals surface area contributed by atoms with E-state index in [0.717, 1.165) is 25.7 Å². The highest BCUT2D eigenvalue weighted by atomic mass is 16.2. The first kappa shape index (κ1) is 15.7. The van der Waals surface area contributed by atoms with Gasteiger partial charge >= 0.3 is 0 Å². The Labute approximate surface area is 116 Å². The molecule has 0 bridgehead atoms.